The molecule has 1 N–H and O–H groups in total. The Morgan fingerprint density at radius 3 is 2.69 bits per heavy atom. The zero-order valence-electron chi connectivity index (χ0n) is 16.4. The lowest BCUT2D eigenvalue weighted by Crippen LogP contribution is -2.41. The van der Waals surface area contributed by atoms with E-state index in [4.69, 9.17) is 9.47 Å². The topological polar surface area (TPSA) is 90.4 Å². The number of thioether (sulfide) groups is 1. The molecule has 2 heterocycles. The summed E-state index contributed by atoms with van der Waals surface area (Å²) in [5.41, 5.74) is 1.19. The molecule has 2 aliphatic rings. The van der Waals surface area contributed by atoms with Crippen LogP contribution in [0.2, 0.25) is 0 Å². The third-order valence-corrected chi connectivity index (χ3v) is 5.78. The summed E-state index contributed by atoms with van der Waals surface area (Å²) < 4.78 is 11.5. The Morgan fingerprint density at radius 2 is 1.97 bits per heavy atom. The third kappa shape index (κ3) is 4.70. The number of para-hydroxylation sites is 2. The number of nitrogens with one attached hydrogen (secondary N) is 1. The minimum absolute atomic E-state index is 0.0841. The van der Waals surface area contributed by atoms with Gasteiger partial charge in [0, 0.05) is 5.92 Å². The number of carbonyl (C=O) groups excluding carboxylic acids is 2. The number of nitrogens with zero attached hydrogens (tertiary/aromatic N) is 2. The molecular formula is C21H23N3O4S. The van der Waals surface area contributed by atoms with Crippen LogP contribution in [0.3, 0.4) is 0 Å². The highest BCUT2D eigenvalue weighted by molar-refractivity contribution is 8.00. The Labute approximate surface area is 173 Å². The minimum Gasteiger partial charge on any atom is -0.486 e. The Hall–Kier alpha value is -2.61. The molecule has 8 heteroatoms. The molecule has 1 saturated carbocycles. The molecule has 4 rings (SSSR count). The zero-order chi connectivity index (χ0) is 20.4. The van der Waals surface area contributed by atoms with E-state index in [1.165, 1.54) is 18.7 Å². The number of amides is 1. The highest BCUT2D eigenvalue weighted by atomic mass is 32.2. The Kier molecular flexibility index (Phi) is 5.71. The number of aromatic nitrogens is 2. The number of ketones is 1. The first-order chi connectivity index (χ1) is 14.0. The van der Waals surface area contributed by atoms with E-state index in [2.05, 4.69) is 15.3 Å². The lowest BCUT2D eigenvalue weighted by atomic mass is 10.2. The molecule has 1 aromatic carbocycles. The molecule has 0 bridgehead atoms. The number of carbonyl (C=O) groups is 2. The van der Waals surface area contributed by atoms with Crippen molar-refractivity contribution in [3.8, 4) is 11.5 Å². The summed E-state index contributed by atoms with van der Waals surface area (Å²) in [5.74, 6) is 2.51. The second-order valence-corrected chi connectivity index (χ2v) is 8.23. The lowest BCUT2D eigenvalue weighted by molar-refractivity contribution is -0.119. The van der Waals surface area contributed by atoms with Crippen molar-refractivity contribution in [3.05, 3.63) is 41.3 Å². The number of aryl methyl sites for hydroxylation is 1. The molecule has 152 valence electrons. The largest absolute Gasteiger partial charge is 0.486 e. The first-order valence-electron chi connectivity index (χ1n) is 9.68. The predicted octanol–water partition coefficient (Wildman–Crippen LogP) is 2.91. The number of hydrogen-bond acceptors (Lipinski definition) is 7. The standard InChI is InChI=1S/C21H23N3O4S/c1-12-19(13(2)25)21(24-20(23-12)14-7-8-14)29-11-18(26)22-9-15-10-27-16-5-3-4-6-17(16)28-15/h3-6,14-15H,7-11H2,1-2H3,(H,22,26)/t15-/m0/s1. The molecule has 0 radical (unpaired) electrons. The van der Waals surface area contributed by atoms with Gasteiger partial charge in [-0.15, -0.1) is 0 Å². The summed E-state index contributed by atoms with van der Waals surface area (Å²) in [4.78, 5) is 33.4. The molecule has 2 aromatic rings. The molecule has 1 fully saturated rings. The normalized spacial score (nSPS) is 17.7. The Bertz CT molecular complexity index is 946. The maximum atomic E-state index is 12.3. The number of rotatable bonds is 7. The Balaban J connectivity index is 1.33. The van der Waals surface area contributed by atoms with Gasteiger partial charge >= 0.3 is 0 Å². The fraction of sp³-hybridized carbons (Fsp3) is 0.429. The molecular weight excluding hydrogens is 390 g/mol. The smallest absolute Gasteiger partial charge is 0.230 e. The quantitative estimate of drug-likeness (QED) is 0.424. The monoisotopic (exact) mass is 413 g/mol. The maximum Gasteiger partial charge on any atom is 0.230 e. The molecule has 0 saturated heterocycles. The minimum atomic E-state index is -0.241. The van der Waals surface area contributed by atoms with Gasteiger partial charge < -0.3 is 14.8 Å². The van der Waals surface area contributed by atoms with Gasteiger partial charge in [0.25, 0.3) is 0 Å². The number of ether oxygens (including phenoxy) is 2. The van der Waals surface area contributed by atoms with Crippen LogP contribution in [-0.2, 0) is 4.79 Å². The van der Waals surface area contributed by atoms with E-state index in [1.54, 1.807) is 0 Å². The van der Waals surface area contributed by atoms with E-state index >= 15 is 0 Å². The SMILES string of the molecule is CC(=O)c1c(C)nc(C2CC2)nc1SCC(=O)NC[C@H]1COc2ccccc2O1. The van der Waals surface area contributed by atoms with Gasteiger partial charge in [-0.3, -0.25) is 9.59 Å². The summed E-state index contributed by atoms with van der Waals surface area (Å²) in [6.45, 7) is 4.07. The molecule has 1 aromatic heterocycles. The number of hydrogen-bond donors (Lipinski definition) is 1. The molecule has 1 atom stereocenters. The van der Waals surface area contributed by atoms with E-state index in [0.717, 1.165) is 18.7 Å². The van der Waals surface area contributed by atoms with Crippen LogP contribution in [0, 0.1) is 6.92 Å². The average Bonchev–Trinajstić information content (AvgIpc) is 3.55. The highest BCUT2D eigenvalue weighted by Crippen LogP contribution is 2.39. The molecule has 29 heavy (non-hydrogen) atoms. The van der Waals surface area contributed by atoms with Crippen molar-refractivity contribution in [2.24, 2.45) is 0 Å². The second-order valence-electron chi connectivity index (χ2n) is 7.27. The van der Waals surface area contributed by atoms with Crippen LogP contribution in [0.25, 0.3) is 0 Å². The molecule has 1 amide bonds. The van der Waals surface area contributed by atoms with E-state index < -0.39 is 0 Å². The van der Waals surface area contributed by atoms with Crippen molar-refractivity contribution >= 4 is 23.5 Å². The second kappa shape index (κ2) is 8.41. The maximum absolute atomic E-state index is 12.3. The van der Waals surface area contributed by atoms with E-state index in [9.17, 15) is 9.59 Å². The van der Waals surface area contributed by atoms with Crippen LogP contribution in [-0.4, -0.2) is 46.7 Å². The summed E-state index contributed by atoms with van der Waals surface area (Å²) in [6.07, 6.45) is 1.92. The van der Waals surface area contributed by atoms with Gasteiger partial charge in [-0.25, -0.2) is 9.97 Å². The van der Waals surface area contributed by atoms with Gasteiger partial charge in [0.2, 0.25) is 5.91 Å². The zero-order valence-corrected chi connectivity index (χ0v) is 17.3. The van der Waals surface area contributed by atoms with Crippen LogP contribution < -0.4 is 14.8 Å². The fourth-order valence-corrected chi connectivity index (χ4v) is 4.14. The first kappa shape index (κ1) is 19.7. The van der Waals surface area contributed by atoms with Crippen molar-refractivity contribution in [1.82, 2.24) is 15.3 Å². The lowest BCUT2D eigenvalue weighted by Gasteiger charge is -2.26. The summed E-state index contributed by atoms with van der Waals surface area (Å²) >= 11 is 1.28. The van der Waals surface area contributed by atoms with Crippen LogP contribution in [0.5, 0.6) is 11.5 Å². The van der Waals surface area contributed by atoms with Gasteiger partial charge in [-0.05, 0) is 38.8 Å². The number of Topliss-reactive ketones (excluding diaryl/α,β-unsaturated/α-hetero) is 1. The summed E-state index contributed by atoms with van der Waals surface area (Å²) in [7, 11) is 0. The van der Waals surface area contributed by atoms with E-state index in [-0.39, 0.29) is 23.5 Å². The summed E-state index contributed by atoms with van der Waals surface area (Å²) in [6, 6.07) is 7.47. The highest BCUT2D eigenvalue weighted by Gasteiger charge is 2.29. The van der Waals surface area contributed by atoms with Gasteiger partial charge in [0.1, 0.15) is 23.6 Å². The number of benzene rings is 1. The van der Waals surface area contributed by atoms with Gasteiger partial charge in [-0.2, -0.15) is 0 Å². The molecule has 1 aliphatic carbocycles. The molecule has 1 aliphatic heterocycles. The van der Waals surface area contributed by atoms with Crippen molar-refractivity contribution in [2.45, 2.75) is 43.7 Å². The van der Waals surface area contributed by atoms with Crippen LogP contribution in [0.1, 0.15) is 47.6 Å². The van der Waals surface area contributed by atoms with Crippen molar-refractivity contribution in [1.29, 1.82) is 0 Å². The van der Waals surface area contributed by atoms with Crippen molar-refractivity contribution in [2.75, 3.05) is 18.9 Å². The average molecular weight is 413 g/mol. The van der Waals surface area contributed by atoms with Gasteiger partial charge in [0.15, 0.2) is 17.3 Å². The first-order valence-corrected chi connectivity index (χ1v) is 10.7. The molecule has 0 spiro atoms. The van der Waals surface area contributed by atoms with Crippen molar-refractivity contribution in [3.63, 3.8) is 0 Å². The van der Waals surface area contributed by atoms with Crippen LogP contribution in [0.4, 0.5) is 0 Å². The van der Waals surface area contributed by atoms with Crippen LogP contribution in [0.15, 0.2) is 29.3 Å². The molecule has 0 unspecified atom stereocenters. The van der Waals surface area contributed by atoms with Crippen molar-refractivity contribution < 1.29 is 19.1 Å². The number of fused-ring (bicyclic) bond motifs is 1. The predicted molar refractivity (Wildman–Crippen MR) is 109 cm³/mol. The van der Waals surface area contributed by atoms with Crippen LogP contribution >= 0.6 is 11.8 Å². The third-order valence-electron chi connectivity index (χ3n) is 4.80. The summed E-state index contributed by atoms with van der Waals surface area (Å²) in [5, 5.41) is 3.46. The Morgan fingerprint density at radius 1 is 1.21 bits per heavy atom. The molecule has 7 nitrogen and oxygen atoms in total. The van der Waals surface area contributed by atoms with E-state index in [1.807, 2.05) is 31.2 Å². The van der Waals surface area contributed by atoms with Gasteiger partial charge in [-0.1, -0.05) is 23.9 Å². The van der Waals surface area contributed by atoms with E-state index in [0.29, 0.717) is 46.9 Å². The fourth-order valence-electron chi connectivity index (χ4n) is 3.18. The van der Waals surface area contributed by atoms with Gasteiger partial charge in [0.05, 0.1) is 23.6 Å².